The second kappa shape index (κ2) is 6.39. The molecule has 2 aromatic rings. The number of aromatic nitrogens is 3. The fourth-order valence-electron chi connectivity index (χ4n) is 2.10. The van der Waals surface area contributed by atoms with Gasteiger partial charge in [0.05, 0.1) is 0 Å². The molecule has 6 nitrogen and oxygen atoms in total. The molecule has 2 aromatic heterocycles. The first kappa shape index (κ1) is 15.0. The van der Waals surface area contributed by atoms with E-state index >= 15 is 0 Å². The SMILES string of the molecule is CCn1ccnc1NC(=O)c1cccn(CC(C)C)c1=O. The van der Waals surface area contributed by atoms with Crippen molar-refractivity contribution in [2.75, 3.05) is 5.32 Å². The molecule has 0 radical (unpaired) electrons. The highest BCUT2D eigenvalue weighted by atomic mass is 16.2. The predicted molar refractivity (Wildman–Crippen MR) is 81.4 cm³/mol. The molecule has 0 spiro atoms. The van der Waals surface area contributed by atoms with Crippen LogP contribution >= 0.6 is 0 Å². The highest BCUT2D eigenvalue weighted by Crippen LogP contribution is 2.06. The maximum atomic E-state index is 12.3. The van der Waals surface area contributed by atoms with E-state index in [0.717, 1.165) is 0 Å². The van der Waals surface area contributed by atoms with Crippen LogP contribution in [0.2, 0.25) is 0 Å². The predicted octanol–water partition coefficient (Wildman–Crippen LogP) is 1.97. The van der Waals surface area contributed by atoms with Crippen LogP contribution in [0.1, 0.15) is 31.1 Å². The zero-order valence-electron chi connectivity index (χ0n) is 12.5. The second-order valence-corrected chi connectivity index (χ2v) is 5.26. The summed E-state index contributed by atoms with van der Waals surface area (Å²) < 4.78 is 3.36. The van der Waals surface area contributed by atoms with E-state index in [4.69, 9.17) is 0 Å². The number of carbonyl (C=O) groups excluding carboxylic acids is 1. The molecule has 0 aliphatic carbocycles. The van der Waals surface area contributed by atoms with Crippen LogP contribution in [0.4, 0.5) is 5.95 Å². The smallest absolute Gasteiger partial charge is 0.263 e. The monoisotopic (exact) mass is 288 g/mol. The van der Waals surface area contributed by atoms with Crippen molar-refractivity contribution >= 4 is 11.9 Å². The molecule has 0 unspecified atom stereocenters. The third-order valence-corrected chi connectivity index (χ3v) is 3.11. The van der Waals surface area contributed by atoms with E-state index in [1.807, 2.05) is 20.8 Å². The second-order valence-electron chi connectivity index (χ2n) is 5.26. The van der Waals surface area contributed by atoms with Gasteiger partial charge in [0.2, 0.25) is 5.95 Å². The van der Waals surface area contributed by atoms with Crippen molar-refractivity contribution < 1.29 is 4.79 Å². The summed E-state index contributed by atoms with van der Waals surface area (Å²) in [6.07, 6.45) is 5.09. The quantitative estimate of drug-likeness (QED) is 0.914. The number of hydrogen-bond acceptors (Lipinski definition) is 3. The van der Waals surface area contributed by atoms with Gasteiger partial charge in [-0.05, 0) is 25.0 Å². The van der Waals surface area contributed by atoms with Crippen LogP contribution in [0.25, 0.3) is 0 Å². The summed E-state index contributed by atoms with van der Waals surface area (Å²) in [6.45, 7) is 7.29. The number of amides is 1. The normalized spacial score (nSPS) is 10.9. The number of pyridine rings is 1. The molecule has 21 heavy (non-hydrogen) atoms. The van der Waals surface area contributed by atoms with Crippen LogP contribution in [0.5, 0.6) is 0 Å². The van der Waals surface area contributed by atoms with Gasteiger partial charge in [-0.1, -0.05) is 13.8 Å². The number of carbonyl (C=O) groups is 1. The first-order valence-electron chi connectivity index (χ1n) is 7.04. The first-order valence-corrected chi connectivity index (χ1v) is 7.04. The molecule has 112 valence electrons. The van der Waals surface area contributed by atoms with E-state index in [2.05, 4.69) is 10.3 Å². The van der Waals surface area contributed by atoms with Gasteiger partial charge in [0, 0.05) is 31.7 Å². The average molecular weight is 288 g/mol. The lowest BCUT2D eigenvalue weighted by atomic mass is 10.2. The minimum atomic E-state index is -0.431. The van der Waals surface area contributed by atoms with Gasteiger partial charge in [-0.3, -0.25) is 14.9 Å². The molecule has 2 heterocycles. The van der Waals surface area contributed by atoms with E-state index in [-0.39, 0.29) is 11.1 Å². The summed E-state index contributed by atoms with van der Waals surface area (Å²) in [4.78, 5) is 28.6. The minimum Gasteiger partial charge on any atom is -0.317 e. The Morgan fingerprint density at radius 2 is 2.10 bits per heavy atom. The third kappa shape index (κ3) is 3.39. The Morgan fingerprint density at radius 1 is 1.33 bits per heavy atom. The van der Waals surface area contributed by atoms with Crippen LogP contribution in [0.3, 0.4) is 0 Å². The molecular formula is C15H20N4O2. The fraction of sp³-hybridized carbons (Fsp3) is 0.400. The van der Waals surface area contributed by atoms with Crippen LogP contribution in [-0.4, -0.2) is 20.0 Å². The molecular weight excluding hydrogens is 268 g/mol. The maximum absolute atomic E-state index is 12.3. The topological polar surface area (TPSA) is 68.9 Å². The number of nitrogens with zero attached hydrogens (tertiary/aromatic N) is 3. The molecule has 6 heteroatoms. The molecule has 0 aliphatic heterocycles. The lowest BCUT2D eigenvalue weighted by Crippen LogP contribution is -2.30. The highest BCUT2D eigenvalue weighted by molar-refractivity contribution is 6.03. The first-order chi connectivity index (χ1) is 10.0. The van der Waals surface area contributed by atoms with Crippen molar-refractivity contribution in [3.63, 3.8) is 0 Å². The molecule has 0 saturated carbocycles. The summed E-state index contributed by atoms with van der Waals surface area (Å²) in [5, 5.41) is 2.68. The van der Waals surface area contributed by atoms with E-state index in [0.29, 0.717) is 25.0 Å². The molecule has 0 bridgehead atoms. The zero-order valence-corrected chi connectivity index (χ0v) is 12.5. The molecule has 0 aromatic carbocycles. The number of imidazole rings is 1. The fourth-order valence-corrected chi connectivity index (χ4v) is 2.10. The summed E-state index contributed by atoms with van der Waals surface area (Å²) in [6, 6.07) is 3.25. The van der Waals surface area contributed by atoms with Gasteiger partial charge in [-0.15, -0.1) is 0 Å². The lowest BCUT2D eigenvalue weighted by Gasteiger charge is -2.10. The number of anilines is 1. The van der Waals surface area contributed by atoms with Gasteiger partial charge in [-0.2, -0.15) is 0 Å². The van der Waals surface area contributed by atoms with Gasteiger partial charge >= 0.3 is 0 Å². The number of rotatable bonds is 5. The van der Waals surface area contributed by atoms with Gasteiger partial charge in [0.1, 0.15) is 5.56 Å². The highest BCUT2D eigenvalue weighted by Gasteiger charge is 2.14. The van der Waals surface area contributed by atoms with Gasteiger partial charge in [-0.25, -0.2) is 4.98 Å². The van der Waals surface area contributed by atoms with Crippen molar-refractivity contribution in [3.8, 4) is 0 Å². The lowest BCUT2D eigenvalue weighted by molar-refractivity contribution is 0.102. The number of aryl methyl sites for hydroxylation is 1. The van der Waals surface area contributed by atoms with Crippen LogP contribution in [0.15, 0.2) is 35.5 Å². The molecule has 0 aliphatic rings. The third-order valence-electron chi connectivity index (χ3n) is 3.11. The molecule has 1 amide bonds. The molecule has 1 N–H and O–H groups in total. The molecule has 0 atom stereocenters. The summed E-state index contributed by atoms with van der Waals surface area (Å²) in [5.74, 6) is 0.347. The Hall–Kier alpha value is -2.37. The van der Waals surface area contributed by atoms with E-state index in [1.165, 1.54) is 6.07 Å². The van der Waals surface area contributed by atoms with Crippen LogP contribution < -0.4 is 10.9 Å². The summed E-state index contributed by atoms with van der Waals surface area (Å²) >= 11 is 0. The van der Waals surface area contributed by atoms with Crippen LogP contribution in [-0.2, 0) is 13.1 Å². The average Bonchev–Trinajstić information content (AvgIpc) is 2.87. The Morgan fingerprint density at radius 3 is 2.76 bits per heavy atom. The molecule has 0 fully saturated rings. The summed E-state index contributed by atoms with van der Waals surface area (Å²) in [7, 11) is 0. The number of nitrogens with one attached hydrogen (secondary N) is 1. The maximum Gasteiger partial charge on any atom is 0.263 e. The Kier molecular flexibility index (Phi) is 4.57. The Labute approximate surface area is 123 Å². The molecule has 2 rings (SSSR count). The van der Waals surface area contributed by atoms with Gasteiger partial charge in [0.25, 0.3) is 11.5 Å². The van der Waals surface area contributed by atoms with Crippen molar-refractivity contribution in [2.24, 2.45) is 5.92 Å². The largest absolute Gasteiger partial charge is 0.317 e. The van der Waals surface area contributed by atoms with Crippen molar-refractivity contribution in [1.29, 1.82) is 0 Å². The van der Waals surface area contributed by atoms with E-state index < -0.39 is 5.91 Å². The zero-order chi connectivity index (χ0) is 15.4. The Balaban J connectivity index is 2.26. The van der Waals surface area contributed by atoms with Gasteiger partial charge in [0.15, 0.2) is 0 Å². The van der Waals surface area contributed by atoms with Crippen molar-refractivity contribution in [1.82, 2.24) is 14.1 Å². The van der Waals surface area contributed by atoms with E-state index in [1.54, 1.807) is 33.8 Å². The van der Waals surface area contributed by atoms with Crippen molar-refractivity contribution in [2.45, 2.75) is 33.9 Å². The minimum absolute atomic E-state index is 0.129. The summed E-state index contributed by atoms with van der Waals surface area (Å²) in [5.41, 5.74) is -0.151. The standard InChI is InChI=1S/C15H20N4O2/c1-4-18-9-7-16-15(18)17-13(20)12-6-5-8-19(14(12)21)10-11(2)3/h5-9,11H,4,10H2,1-3H3,(H,16,17,20). The van der Waals surface area contributed by atoms with Crippen LogP contribution in [0, 0.1) is 5.92 Å². The molecule has 0 saturated heterocycles. The van der Waals surface area contributed by atoms with Gasteiger partial charge < -0.3 is 9.13 Å². The number of hydrogen-bond donors (Lipinski definition) is 1. The Bertz CT molecular complexity index is 685. The van der Waals surface area contributed by atoms with E-state index in [9.17, 15) is 9.59 Å². The van der Waals surface area contributed by atoms with Crippen molar-refractivity contribution in [3.05, 3.63) is 46.6 Å².